The second-order valence-electron chi connectivity index (χ2n) is 4.72. The molecular formula is C15H15N5OS. The van der Waals surface area contributed by atoms with Gasteiger partial charge in [0.25, 0.3) is 0 Å². The van der Waals surface area contributed by atoms with Crippen molar-refractivity contribution in [3.63, 3.8) is 0 Å². The number of carbonyl (C=O) groups excluding carboxylic acids is 1. The Balaban J connectivity index is 1.82. The maximum Gasteiger partial charge on any atom is 0.341 e. The maximum atomic E-state index is 12.6. The number of amides is 2. The van der Waals surface area contributed by atoms with Crippen LogP contribution in [0.2, 0.25) is 0 Å². The van der Waals surface area contributed by atoms with Crippen molar-refractivity contribution < 1.29 is 4.79 Å². The van der Waals surface area contributed by atoms with Gasteiger partial charge in [-0.1, -0.05) is 18.2 Å². The molecule has 0 aliphatic carbocycles. The first-order chi connectivity index (χ1) is 10.7. The summed E-state index contributed by atoms with van der Waals surface area (Å²) in [6.07, 6.45) is 3.01. The summed E-state index contributed by atoms with van der Waals surface area (Å²) in [5.41, 5.74) is 1.91. The third-order valence-electron chi connectivity index (χ3n) is 3.21. The number of hydrogen-bond acceptors (Lipinski definition) is 4. The number of urea groups is 1. The summed E-state index contributed by atoms with van der Waals surface area (Å²) in [7, 11) is 0. The fourth-order valence-electron chi connectivity index (χ4n) is 1.99. The Morgan fingerprint density at radius 1 is 1.23 bits per heavy atom. The molecule has 2 heterocycles. The number of para-hydroxylation sites is 1. The van der Waals surface area contributed by atoms with Crippen LogP contribution in [0.4, 0.5) is 10.5 Å². The Labute approximate surface area is 132 Å². The molecule has 3 rings (SSSR count). The van der Waals surface area contributed by atoms with Crippen LogP contribution in [0.15, 0.2) is 54.4 Å². The second-order valence-corrected chi connectivity index (χ2v) is 5.72. The van der Waals surface area contributed by atoms with Gasteiger partial charge in [-0.15, -0.1) is 21.5 Å². The molecule has 2 amide bonds. The fourth-order valence-corrected chi connectivity index (χ4v) is 2.88. The first-order valence-electron chi connectivity index (χ1n) is 6.75. The second kappa shape index (κ2) is 6.40. The largest absolute Gasteiger partial charge is 0.341 e. The van der Waals surface area contributed by atoms with Crippen LogP contribution in [0.5, 0.6) is 0 Å². The van der Waals surface area contributed by atoms with E-state index in [1.807, 2.05) is 48.7 Å². The maximum absolute atomic E-state index is 12.6. The Morgan fingerprint density at radius 3 is 2.59 bits per heavy atom. The molecule has 0 saturated heterocycles. The Bertz CT molecular complexity index is 738. The predicted octanol–water partition coefficient (Wildman–Crippen LogP) is 3.02. The van der Waals surface area contributed by atoms with Crippen LogP contribution < -0.4 is 10.3 Å². The monoisotopic (exact) mass is 313 g/mol. The van der Waals surface area contributed by atoms with Gasteiger partial charge in [0.1, 0.15) is 12.7 Å². The van der Waals surface area contributed by atoms with E-state index in [9.17, 15) is 4.79 Å². The average molecular weight is 313 g/mol. The van der Waals surface area contributed by atoms with Gasteiger partial charge in [-0.3, -0.25) is 0 Å². The lowest BCUT2D eigenvalue weighted by Gasteiger charge is -2.22. The molecule has 0 atom stereocenters. The van der Waals surface area contributed by atoms with Gasteiger partial charge in [-0.2, -0.15) is 0 Å². The van der Waals surface area contributed by atoms with Crippen LogP contribution in [0, 0.1) is 6.92 Å². The van der Waals surface area contributed by atoms with E-state index in [0.29, 0.717) is 6.54 Å². The van der Waals surface area contributed by atoms with Crippen LogP contribution in [-0.2, 0) is 6.54 Å². The summed E-state index contributed by atoms with van der Waals surface area (Å²) < 4.78 is 1.58. The molecule has 7 heteroatoms. The normalized spacial score (nSPS) is 10.4. The highest BCUT2D eigenvalue weighted by Crippen LogP contribution is 2.18. The van der Waals surface area contributed by atoms with Gasteiger partial charge in [0.05, 0.1) is 6.54 Å². The molecule has 0 spiro atoms. The highest BCUT2D eigenvalue weighted by atomic mass is 32.1. The molecular weight excluding hydrogens is 298 g/mol. The van der Waals surface area contributed by atoms with E-state index in [2.05, 4.69) is 15.5 Å². The first kappa shape index (κ1) is 14.3. The number of thiophene rings is 1. The summed E-state index contributed by atoms with van der Waals surface area (Å²) in [6.45, 7) is 2.49. The zero-order chi connectivity index (χ0) is 15.4. The molecule has 1 N–H and O–H groups in total. The highest BCUT2D eigenvalue weighted by molar-refractivity contribution is 7.10. The molecule has 1 aromatic carbocycles. The Morgan fingerprint density at radius 2 is 1.95 bits per heavy atom. The number of nitrogens with one attached hydrogen (secondary N) is 1. The number of benzene rings is 1. The van der Waals surface area contributed by atoms with Crippen molar-refractivity contribution in [3.05, 3.63) is 64.9 Å². The number of carbonyl (C=O) groups is 1. The van der Waals surface area contributed by atoms with Crippen molar-refractivity contribution in [2.24, 2.45) is 0 Å². The zero-order valence-electron chi connectivity index (χ0n) is 12.0. The first-order valence-corrected chi connectivity index (χ1v) is 7.63. The van der Waals surface area contributed by atoms with Crippen LogP contribution in [-0.4, -0.2) is 20.9 Å². The smallest absolute Gasteiger partial charge is 0.306 e. The van der Waals surface area contributed by atoms with E-state index in [0.717, 1.165) is 16.1 Å². The van der Waals surface area contributed by atoms with Gasteiger partial charge >= 0.3 is 6.03 Å². The molecule has 6 nitrogen and oxygen atoms in total. The Kier molecular flexibility index (Phi) is 4.15. The molecule has 3 aromatic rings. The number of aromatic nitrogens is 3. The molecule has 0 aliphatic heterocycles. The van der Waals surface area contributed by atoms with Gasteiger partial charge in [0.2, 0.25) is 0 Å². The number of aryl methyl sites for hydroxylation is 1. The SMILES string of the molecule is Cc1ccsc1CN(C(=O)Nc1ccccc1)n1cnnc1. The van der Waals surface area contributed by atoms with Crippen molar-refractivity contribution in [1.82, 2.24) is 14.9 Å². The lowest BCUT2D eigenvalue weighted by Crippen LogP contribution is -2.42. The molecule has 22 heavy (non-hydrogen) atoms. The summed E-state index contributed by atoms with van der Waals surface area (Å²) in [6, 6.07) is 11.2. The number of anilines is 1. The highest BCUT2D eigenvalue weighted by Gasteiger charge is 2.18. The van der Waals surface area contributed by atoms with E-state index in [4.69, 9.17) is 0 Å². The molecule has 0 aliphatic rings. The van der Waals surface area contributed by atoms with Crippen LogP contribution in [0.1, 0.15) is 10.4 Å². The molecule has 2 aromatic heterocycles. The molecule has 0 bridgehead atoms. The third kappa shape index (κ3) is 3.15. The predicted molar refractivity (Wildman–Crippen MR) is 86.5 cm³/mol. The summed E-state index contributed by atoms with van der Waals surface area (Å²) in [5, 5.41) is 14.0. The minimum atomic E-state index is -0.237. The van der Waals surface area contributed by atoms with E-state index in [1.165, 1.54) is 12.7 Å². The van der Waals surface area contributed by atoms with E-state index < -0.39 is 0 Å². The van der Waals surface area contributed by atoms with Gasteiger partial charge in [-0.25, -0.2) is 14.5 Å². The number of hydrogen-bond donors (Lipinski definition) is 1. The van der Waals surface area contributed by atoms with Crippen molar-refractivity contribution in [2.75, 3.05) is 10.3 Å². The topological polar surface area (TPSA) is 63.1 Å². The lowest BCUT2D eigenvalue weighted by atomic mass is 10.3. The molecule has 0 fully saturated rings. The summed E-state index contributed by atoms with van der Waals surface area (Å²) >= 11 is 1.62. The quantitative estimate of drug-likeness (QED) is 0.805. The number of rotatable bonds is 4. The minimum absolute atomic E-state index is 0.237. The van der Waals surface area contributed by atoms with E-state index in [-0.39, 0.29) is 6.03 Å². The van der Waals surface area contributed by atoms with Crippen molar-refractivity contribution in [2.45, 2.75) is 13.5 Å². The van der Waals surface area contributed by atoms with Gasteiger partial charge in [-0.05, 0) is 36.1 Å². The minimum Gasteiger partial charge on any atom is -0.306 e. The lowest BCUT2D eigenvalue weighted by molar-refractivity contribution is 0.251. The van der Waals surface area contributed by atoms with Crippen LogP contribution in [0.25, 0.3) is 0 Å². The molecule has 0 radical (unpaired) electrons. The summed E-state index contributed by atoms with van der Waals surface area (Å²) in [4.78, 5) is 13.7. The standard InChI is InChI=1S/C15H15N5OS/c1-12-7-8-22-14(12)9-20(19-10-16-17-11-19)15(21)18-13-5-3-2-4-6-13/h2-8,10-11H,9H2,1H3,(H,18,21). The van der Waals surface area contributed by atoms with E-state index in [1.54, 1.807) is 21.0 Å². The van der Waals surface area contributed by atoms with Gasteiger partial charge < -0.3 is 5.32 Å². The zero-order valence-corrected chi connectivity index (χ0v) is 12.8. The van der Waals surface area contributed by atoms with Crippen LogP contribution in [0.3, 0.4) is 0 Å². The molecule has 0 unspecified atom stereocenters. The van der Waals surface area contributed by atoms with Gasteiger partial charge in [0.15, 0.2) is 0 Å². The van der Waals surface area contributed by atoms with Crippen molar-refractivity contribution >= 4 is 23.1 Å². The van der Waals surface area contributed by atoms with Crippen LogP contribution >= 0.6 is 11.3 Å². The fraction of sp³-hybridized carbons (Fsp3) is 0.133. The average Bonchev–Trinajstić information content (AvgIpc) is 3.17. The molecule has 112 valence electrons. The van der Waals surface area contributed by atoms with Gasteiger partial charge in [0, 0.05) is 10.6 Å². The van der Waals surface area contributed by atoms with E-state index >= 15 is 0 Å². The summed E-state index contributed by atoms with van der Waals surface area (Å²) in [5.74, 6) is 0. The Hall–Kier alpha value is -2.67. The third-order valence-corrected chi connectivity index (χ3v) is 4.21. The van der Waals surface area contributed by atoms with Crippen molar-refractivity contribution in [3.8, 4) is 0 Å². The molecule has 0 saturated carbocycles. The van der Waals surface area contributed by atoms with Crippen molar-refractivity contribution in [1.29, 1.82) is 0 Å². The number of nitrogens with zero attached hydrogens (tertiary/aromatic N) is 4.